The van der Waals surface area contributed by atoms with E-state index in [9.17, 15) is 9.90 Å². The largest absolute Gasteiger partial charge is 0.387 e. The molecule has 21 heavy (non-hydrogen) atoms. The Hall–Kier alpha value is -1.20. The minimum absolute atomic E-state index is 0.242. The summed E-state index contributed by atoms with van der Waals surface area (Å²) in [6, 6.07) is 3.98. The number of aryl methyl sites for hydroxylation is 3. The topological polar surface area (TPSA) is 61.4 Å². The Bertz CT molecular complexity index is 478. The van der Waals surface area contributed by atoms with E-state index in [0.29, 0.717) is 12.3 Å². The first kappa shape index (κ1) is 17.9. The Labute approximate surface area is 131 Å². The summed E-state index contributed by atoms with van der Waals surface area (Å²) in [6.45, 7) is 8.63. The predicted molar refractivity (Wildman–Crippen MR) is 89.9 cm³/mol. The van der Waals surface area contributed by atoms with Gasteiger partial charge >= 0.3 is 6.03 Å². The minimum Gasteiger partial charge on any atom is -0.387 e. The van der Waals surface area contributed by atoms with Gasteiger partial charge in [-0.2, -0.15) is 11.8 Å². The van der Waals surface area contributed by atoms with Crippen molar-refractivity contribution in [2.24, 2.45) is 0 Å². The van der Waals surface area contributed by atoms with E-state index in [1.54, 1.807) is 18.7 Å². The summed E-state index contributed by atoms with van der Waals surface area (Å²) in [5, 5.41) is 15.6. The number of thioether (sulfide) groups is 1. The molecular formula is C16H26N2O2S. The van der Waals surface area contributed by atoms with E-state index in [4.69, 9.17) is 0 Å². The SMILES string of the molecule is CSCC(C)(O)CNC(=O)NCc1c(C)cc(C)cc1C. The molecule has 0 heterocycles. The Morgan fingerprint density at radius 3 is 2.33 bits per heavy atom. The number of carbonyl (C=O) groups excluding carboxylic acids is 1. The molecule has 0 aliphatic rings. The number of nitrogens with one attached hydrogen (secondary N) is 2. The van der Waals surface area contributed by atoms with Crippen LogP contribution in [0.5, 0.6) is 0 Å². The molecule has 3 N–H and O–H groups in total. The average Bonchev–Trinajstić information content (AvgIpc) is 2.35. The number of benzene rings is 1. The van der Waals surface area contributed by atoms with Gasteiger partial charge < -0.3 is 15.7 Å². The molecule has 0 spiro atoms. The second-order valence-electron chi connectivity index (χ2n) is 5.84. The van der Waals surface area contributed by atoms with Crippen LogP contribution in [-0.4, -0.2) is 35.3 Å². The van der Waals surface area contributed by atoms with Crippen LogP contribution in [0.4, 0.5) is 4.79 Å². The van der Waals surface area contributed by atoms with E-state index < -0.39 is 5.60 Å². The third kappa shape index (κ3) is 5.98. The monoisotopic (exact) mass is 310 g/mol. The molecule has 1 atom stereocenters. The molecule has 0 aromatic heterocycles. The molecule has 2 amide bonds. The lowest BCUT2D eigenvalue weighted by molar-refractivity contribution is 0.0869. The van der Waals surface area contributed by atoms with Crippen molar-refractivity contribution in [1.82, 2.24) is 10.6 Å². The maximum atomic E-state index is 11.8. The first-order chi connectivity index (χ1) is 9.75. The van der Waals surface area contributed by atoms with Gasteiger partial charge in [-0.25, -0.2) is 4.79 Å². The van der Waals surface area contributed by atoms with Crippen LogP contribution < -0.4 is 10.6 Å². The first-order valence-electron chi connectivity index (χ1n) is 7.05. The van der Waals surface area contributed by atoms with E-state index in [0.717, 1.165) is 5.56 Å². The van der Waals surface area contributed by atoms with Gasteiger partial charge in [-0.1, -0.05) is 17.7 Å². The molecule has 0 saturated heterocycles. The van der Waals surface area contributed by atoms with Gasteiger partial charge in [0.05, 0.1) is 5.60 Å². The Morgan fingerprint density at radius 1 is 1.24 bits per heavy atom. The van der Waals surface area contributed by atoms with Gasteiger partial charge in [-0.3, -0.25) is 0 Å². The standard InChI is InChI=1S/C16H26N2O2S/c1-11-6-12(2)14(13(3)7-11)8-17-15(19)18-9-16(4,20)10-21-5/h6-7,20H,8-10H2,1-5H3,(H2,17,18,19). The molecule has 1 unspecified atom stereocenters. The van der Waals surface area contributed by atoms with Gasteiger partial charge in [-0.05, 0) is 50.6 Å². The van der Waals surface area contributed by atoms with Crippen molar-refractivity contribution in [3.05, 3.63) is 34.4 Å². The molecular weight excluding hydrogens is 284 g/mol. The van der Waals surface area contributed by atoms with E-state index in [1.165, 1.54) is 16.7 Å². The number of urea groups is 1. The summed E-state index contributed by atoms with van der Waals surface area (Å²) in [6.07, 6.45) is 1.93. The third-order valence-electron chi connectivity index (χ3n) is 3.35. The van der Waals surface area contributed by atoms with E-state index in [2.05, 4.69) is 43.5 Å². The average molecular weight is 310 g/mol. The molecule has 118 valence electrons. The Balaban J connectivity index is 2.51. The Kier molecular flexibility index (Phi) is 6.55. The molecule has 1 aromatic rings. The second kappa shape index (κ2) is 7.71. The fourth-order valence-corrected chi connectivity index (χ4v) is 3.08. The van der Waals surface area contributed by atoms with Crippen molar-refractivity contribution >= 4 is 17.8 Å². The van der Waals surface area contributed by atoms with Gasteiger partial charge in [-0.15, -0.1) is 0 Å². The van der Waals surface area contributed by atoms with Crippen LogP contribution in [0.3, 0.4) is 0 Å². The van der Waals surface area contributed by atoms with Crippen molar-refractivity contribution in [2.75, 3.05) is 18.6 Å². The highest BCUT2D eigenvalue weighted by molar-refractivity contribution is 7.98. The van der Waals surface area contributed by atoms with Crippen LogP contribution >= 0.6 is 11.8 Å². The molecule has 0 saturated carbocycles. The van der Waals surface area contributed by atoms with E-state index in [1.807, 2.05) is 6.26 Å². The summed E-state index contributed by atoms with van der Waals surface area (Å²) < 4.78 is 0. The van der Waals surface area contributed by atoms with E-state index >= 15 is 0 Å². The normalized spacial score (nSPS) is 13.6. The quantitative estimate of drug-likeness (QED) is 0.756. The zero-order valence-corrected chi connectivity index (χ0v) is 14.4. The predicted octanol–water partition coefficient (Wildman–Crippen LogP) is 2.53. The van der Waals surface area contributed by atoms with Gasteiger partial charge in [0.1, 0.15) is 0 Å². The lowest BCUT2D eigenvalue weighted by atomic mass is 10.00. The highest BCUT2D eigenvalue weighted by atomic mass is 32.2. The fourth-order valence-electron chi connectivity index (χ4n) is 2.35. The summed E-state index contributed by atoms with van der Waals surface area (Å²) in [5.41, 5.74) is 3.86. The molecule has 0 radical (unpaired) electrons. The number of amides is 2. The molecule has 0 aliphatic carbocycles. The van der Waals surface area contributed by atoms with Crippen molar-refractivity contribution < 1.29 is 9.90 Å². The van der Waals surface area contributed by atoms with Gasteiger partial charge in [0, 0.05) is 18.8 Å². The van der Waals surface area contributed by atoms with Crippen LogP contribution in [0.1, 0.15) is 29.2 Å². The van der Waals surface area contributed by atoms with Crippen LogP contribution in [0.25, 0.3) is 0 Å². The van der Waals surface area contributed by atoms with Crippen LogP contribution in [0.2, 0.25) is 0 Å². The number of hydrogen-bond acceptors (Lipinski definition) is 3. The first-order valence-corrected chi connectivity index (χ1v) is 8.44. The zero-order valence-electron chi connectivity index (χ0n) is 13.5. The van der Waals surface area contributed by atoms with Crippen molar-refractivity contribution in [3.63, 3.8) is 0 Å². The maximum Gasteiger partial charge on any atom is 0.315 e. The number of hydrogen-bond donors (Lipinski definition) is 3. The van der Waals surface area contributed by atoms with Gasteiger partial charge in [0.15, 0.2) is 0 Å². The van der Waals surface area contributed by atoms with Crippen LogP contribution in [-0.2, 0) is 6.54 Å². The van der Waals surface area contributed by atoms with Gasteiger partial charge in [0.2, 0.25) is 0 Å². The number of rotatable bonds is 6. The molecule has 4 nitrogen and oxygen atoms in total. The van der Waals surface area contributed by atoms with Crippen molar-refractivity contribution in [2.45, 2.75) is 39.8 Å². The van der Waals surface area contributed by atoms with E-state index in [-0.39, 0.29) is 12.6 Å². The lowest BCUT2D eigenvalue weighted by Gasteiger charge is -2.22. The lowest BCUT2D eigenvalue weighted by Crippen LogP contribution is -2.46. The fraction of sp³-hybridized carbons (Fsp3) is 0.562. The minimum atomic E-state index is -0.882. The molecule has 1 aromatic carbocycles. The maximum absolute atomic E-state index is 11.8. The summed E-state index contributed by atoms with van der Waals surface area (Å²) in [7, 11) is 0. The summed E-state index contributed by atoms with van der Waals surface area (Å²) in [4.78, 5) is 11.8. The zero-order chi connectivity index (χ0) is 16.0. The van der Waals surface area contributed by atoms with Crippen molar-refractivity contribution in [3.8, 4) is 0 Å². The molecule has 5 heteroatoms. The highest BCUT2D eigenvalue weighted by Crippen LogP contribution is 2.16. The van der Waals surface area contributed by atoms with Crippen molar-refractivity contribution in [1.29, 1.82) is 0 Å². The second-order valence-corrected chi connectivity index (χ2v) is 6.71. The summed E-state index contributed by atoms with van der Waals surface area (Å²) in [5.74, 6) is 0.587. The molecule has 1 rings (SSSR count). The van der Waals surface area contributed by atoms with Crippen LogP contribution in [0, 0.1) is 20.8 Å². The number of carbonyl (C=O) groups is 1. The Morgan fingerprint density at radius 2 is 1.81 bits per heavy atom. The number of aliphatic hydroxyl groups is 1. The highest BCUT2D eigenvalue weighted by Gasteiger charge is 2.20. The molecule has 0 aliphatic heterocycles. The summed E-state index contributed by atoms with van der Waals surface area (Å²) >= 11 is 1.55. The molecule has 0 fully saturated rings. The van der Waals surface area contributed by atoms with Gasteiger partial charge in [0.25, 0.3) is 0 Å². The van der Waals surface area contributed by atoms with Crippen LogP contribution in [0.15, 0.2) is 12.1 Å². The third-order valence-corrected chi connectivity index (χ3v) is 4.26. The molecule has 0 bridgehead atoms. The smallest absolute Gasteiger partial charge is 0.315 e.